The molecule has 122 valence electrons. The van der Waals surface area contributed by atoms with E-state index in [9.17, 15) is 9.18 Å². The molecule has 1 aliphatic heterocycles. The topological polar surface area (TPSA) is 64.3 Å². The zero-order valence-electron chi connectivity index (χ0n) is 13.7. The smallest absolute Gasteiger partial charge is 0.223 e. The monoisotopic (exact) mass is 308 g/mol. The molecule has 1 aromatic carbocycles. The van der Waals surface area contributed by atoms with Gasteiger partial charge >= 0.3 is 0 Å². The Kier molecular flexibility index (Phi) is 5.06. The molecule has 4 nitrogen and oxygen atoms in total. The number of benzene rings is 1. The number of nitrogens with two attached hydrogens (primary N) is 1. The molecule has 1 aliphatic rings. The summed E-state index contributed by atoms with van der Waals surface area (Å²) in [5, 5.41) is 2.97. The van der Waals surface area contributed by atoms with Crippen LogP contribution < -0.4 is 15.8 Å². The first-order chi connectivity index (χ1) is 10.3. The maximum Gasteiger partial charge on any atom is 0.223 e. The zero-order valence-corrected chi connectivity index (χ0v) is 13.7. The third-order valence-corrected chi connectivity index (χ3v) is 4.07. The quantitative estimate of drug-likeness (QED) is 0.898. The Labute approximate surface area is 131 Å². The molecule has 0 saturated carbocycles. The average Bonchev–Trinajstić information content (AvgIpc) is 2.46. The van der Waals surface area contributed by atoms with E-state index in [-0.39, 0.29) is 35.6 Å². The Balaban J connectivity index is 2.37. The van der Waals surface area contributed by atoms with Crippen LogP contribution in [0.5, 0.6) is 5.75 Å². The Bertz CT molecular complexity index is 558. The molecule has 2 atom stereocenters. The van der Waals surface area contributed by atoms with Crippen molar-refractivity contribution in [3.8, 4) is 5.75 Å². The minimum atomic E-state index is -0.410. The predicted octanol–water partition coefficient (Wildman–Crippen LogP) is 3.08. The molecule has 1 amide bonds. The second kappa shape index (κ2) is 6.65. The van der Waals surface area contributed by atoms with Gasteiger partial charge in [0.15, 0.2) is 11.6 Å². The molecular weight excluding hydrogens is 283 g/mol. The number of amides is 1. The van der Waals surface area contributed by atoms with Gasteiger partial charge in [-0.2, -0.15) is 0 Å². The van der Waals surface area contributed by atoms with Crippen LogP contribution in [0.25, 0.3) is 0 Å². The molecule has 1 aromatic rings. The summed E-state index contributed by atoms with van der Waals surface area (Å²) in [5.41, 5.74) is 7.56. The molecule has 0 aliphatic carbocycles. The molecule has 2 unspecified atom stereocenters. The van der Waals surface area contributed by atoms with Crippen molar-refractivity contribution in [1.82, 2.24) is 5.32 Å². The van der Waals surface area contributed by atoms with E-state index in [0.29, 0.717) is 18.6 Å². The van der Waals surface area contributed by atoms with Gasteiger partial charge in [0.1, 0.15) is 0 Å². The molecule has 0 radical (unpaired) electrons. The Morgan fingerprint density at radius 1 is 1.36 bits per heavy atom. The lowest BCUT2D eigenvalue weighted by Gasteiger charge is -2.29. The van der Waals surface area contributed by atoms with Gasteiger partial charge in [-0.1, -0.05) is 27.7 Å². The number of ether oxygens (including phenoxy) is 1. The standard InChI is InChI=1S/C17H25FN2O2/c1-9(2)15(19)11-7-12-14(20-17(21)10(3)4)5-6-22-16(12)13(18)8-11/h7-10,14-15H,5-6,19H2,1-4H3,(H,20,21). The van der Waals surface area contributed by atoms with Gasteiger partial charge in [-0.25, -0.2) is 4.39 Å². The Morgan fingerprint density at radius 3 is 2.64 bits per heavy atom. The first-order valence-electron chi connectivity index (χ1n) is 7.83. The number of rotatable bonds is 4. The predicted molar refractivity (Wildman–Crippen MR) is 84.0 cm³/mol. The van der Waals surface area contributed by atoms with Gasteiger partial charge in [0, 0.05) is 23.9 Å². The normalized spacial score (nSPS) is 18.8. The van der Waals surface area contributed by atoms with Crippen LogP contribution in [-0.4, -0.2) is 12.5 Å². The summed E-state index contributed by atoms with van der Waals surface area (Å²) in [6.07, 6.45) is 0.630. The fourth-order valence-electron chi connectivity index (χ4n) is 2.55. The van der Waals surface area contributed by atoms with Crippen molar-refractivity contribution in [1.29, 1.82) is 0 Å². The van der Waals surface area contributed by atoms with Crippen molar-refractivity contribution in [2.24, 2.45) is 17.6 Å². The number of halogens is 1. The van der Waals surface area contributed by atoms with E-state index in [0.717, 1.165) is 5.56 Å². The van der Waals surface area contributed by atoms with Gasteiger partial charge in [-0.15, -0.1) is 0 Å². The summed E-state index contributed by atoms with van der Waals surface area (Å²) in [6.45, 7) is 8.05. The number of fused-ring (bicyclic) bond motifs is 1. The van der Waals surface area contributed by atoms with Gasteiger partial charge < -0.3 is 15.8 Å². The van der Waals surface area contributed by atoms with Crippen molar-refractivity contribution >= 4 is 5.91 Å². The molecule has 1 heterocycles. The molecule has 3 N–H and O–H groups in total. The minimum absolute atomic E-state index is 0.0446. The summed E-state index contributed by atoms with van der Waals surface area (Å²) in [5.74, 6) is -0.133. The third-order valence-electron chi connectivity index (χ3n) is 4.07. The van der Waals surface area contributed by atoms with E-state index >= 15 is 0 Å². The van der Waals surface area contributed by atoms with E-state index in [1.165, 1.54) is 6.07 Å². The van der Waals surface area contributed by atoms with E-state index in [4.69, 9.17) is 10.5 Å². The highest BCUT2D eigenvalue weighted by Gasteiger charge is 2.28. The largest absolute Gasteiger partial charge is 0.490 e. The summed E-state index contributed by atoms with van der Waals surface area (Å²) in [7, 11) is 0. The number of hydrogen-bond acceptors (Lipinski definition) is 3. The highest BCUT2D eigenvalue weighted by molar-refractivity contribution is 5.78. The highest BCUT2D eigenvalue weighted by atomic mass is 19.1. The van der Waals surface area contributed by atoms with Crippen LogP contribution in [0.2, 0.25) is 0 Å². The second-order valence-corrected chi connectivity index (χ2v) is 6.54. The minimum Gasteiger partial charge on any atom is -0.490 e. The molecule has 2 rings (SSSR count). The Hall–Kier alpha value is -1.62. The fourth-order valence-corrected chi connectivity index (χ4v) is 2.55. The number of carbonyl (C=O) groups is 1. The molecule has 22 heavy (non-hydrogen) atoms. The van der Waals surface area contributed by atoms with E-state index < -0.39 is 5.82 Å². The van der Waals surface area contributed by atoms with Crippen LogP contribution in [0.15, 0.2) is 12.1 Å². The third kappa shape index (κ3) is 3.40. The van der Waals surface area contributed by atoms with Gasteiger partial charge in [0.05, 0.1) is 12.6 Å². The summed E-state index contributed by atoms with van der Waals surface area (Å²) >= 11 is 0. The zero-order chi connectivity index (χ0) is 16.4. The van der Waals surface area contributed by atoms with Crippen LogP contribution in [0, 0.1) is 17.7 Å². The fraction of sp³-hybridized carbons (Fsp3) is 0.588. The summed E-state index contributed by atoms with van der Waals surface area (Å²) in [4.78, 5) is 12.0. The van der Waals surface area contributed by atoms with Crippen LogP contribution >= 0.6 is 0 Å². The lowest BCUT2D eigenvalue weighted by molar-refractivity contribution is -0.124. The molecule has 5 heteroatoms. The summed E-state index contributed by atoms with van der Waals surface area (Å²) in [6, 6.07) is 2.83. The number of hydrogen-bond donors (Lipinski definition) is 2. The van der Waals surface area contributed by atoms with Crippen LogP contribution in [0.1, 0.15) is 57.3 Å². The van der Waals surface area contributed by atoms with E-state index in [1.54, 1.807) is 0 Å². The first-order valence-corrected chi connectivity index (χ1v) is 7.83. The summed E-state index contributed by atoms with van der Waals surface area (Å²) < 4.78 is 19.8. The molecule has 0 saturated heterocycles. The molecule has 0 fully saturated rings. The average molecular weight is 308 g/mol. The molecule has 0 aromatic heterocycles. The number of nitrogens with one attached hydrogen (secondary N) is 1. The van der Waals surface area contributed by atoms with Crippen LogP contribution in [-0.2, 0) is 4.79 Å². The maximum atomic E-state index is 14.3. The first kappa shape index (κ1) is 16.7. The second-order valence-electron chi connectivity index (χ2n) is 6.54. The van der Waals surface area contributed by atoms with Crippen LogP contribution in [0.3, 0.4) is 0 Å². The van der Waals surface area contributed by atoms with Gasteiger partial charge in [-0.3, -0.25) is 4.79 Å². The Morgan fingerprint density at radius 2 is 2.05 bits per heavy atom. The van der Waals surface area contributed by atoms with Crippen molar-refractivity contribution < 1.29 is 13.9 Å². The molecule has 0 bridgehead atoms. The highest BCUT2D eigenvalue weighted by Crippen LogP contribution is 2.37. The molecular formula is C17H25FN2O2. The molecule has 0 spiro atoms. The lowest BCUT2D eigenvalue weighted by Crippen LogP contribution is -2.35. The van der Waals surface area contributed by atoms with Crippen molar-refractivity contribution in [2.45, 2.75) is 46.2 Å². The van der Waals surface area contributed by atoms with Crippen LogP contribution in [0.4, 0.5) is 4.39 Å². The SMILES string of the molecule is CC(C)C(=O)NC1CCOc2c(F)cc(C(N)C(C)C)cc21. The van der Waals surface area contributed by atoms with Crippen molar-refractivity contribution in [3.63, 3.8) is 0 Å². The maximum absolute atomic E-state index is 14.3. The van der Waals surface area contributed by atoms with Gasteiger partial charge in [0.2, 0.25) is 5.91 Å². The van der Waals surface area contributed by atoms with Crippen molar-refractivity contribution in [2.75, 3.05) is 6.61 Å². The van der Waals surface area contributed by atoms with Crippen molar-refractivity contribution in [3.05, 3.63) is 29.1 Å². The van der Waals surface area contributed by atoms with Gasteiger partial charge in [0.25, 0.3) is 0 Å². The number of carbonyl (C=O) groups excluding carboxylic acids is 1. The van der Waals surface area contributed by atoms with Gasteiger partial charge in [-0.05, 0) is 23.6 Å². The van der Waals surface area contributed by atoms with E-state index in [2.05, 4.69) is 5.32 Å². The van der Waals surface area contributed by atoms with E-state index in [1.807, 2.05) is 33.8 Å². The lowest BCUT2D eigenvalue weighted by atomic mass is 9.91.